The van der Waals surface area contributed by atoms with Crippen LogP contribution in [-0.4, -0.2) is 49.1 Å². The van der Waals surface area contributed by atoms with Crippen LogP contribution in [0.15, 0.2) is 55.0 Å². The smallest absolute Gasteiger partial charge is 0.262 e. The van der Waals surface area contributed by atoms with Gasteiger partial charge in [-0.05, 0) is 24.3 Å². The van der Waals surface area contributed by atoms with E-state index in [1.165, 1.54) is 0 Å². The van der Waals surface area contributed by atoms with Gasteiger partial charge in [-0.25, -0.2) is 4.68 Å². The highest BCUT2D eigenvalue weighted by atomic mass is 16.2. The van der Waals surface area contributed by atoms with E-state index < -0.39 is 17.7 Å². The molecule has 3 heterocycles. The standard InChI is InChI=1S/C18H14N6O3/c25-16(11-23-17(26)14-5-1-2-6-15(14)18(23)27)20-8-12-10-24(22-21-12)13-4-3-7-19-9-13/h1-7,9-10H,8,11H2,(H,20,25). The Kier molecular flexibility index (Phi) is 4.17. The van der Waals surface area contributed by atoms with Crippen LogP contribution in [0.25, 0.3) is 5.69 Å². The number of hydrogen-bond acceptors (Lipinski definition) is 6. The lowest BCUT2D eigenvalue weighted by Crippen LogP contribution is -2.40. The van der Waals surface area contributed by atoms with Crippen LogP contribution in [0.4, 0.5) is 0 Å². The molecule has 1 aliphatic rings. The molecular formula is C18H14N6O3. The zero-order chi connectivity index (χ0) is 18.8. The summed E-state index contributed by atoms with van der Waals surface area (Å²) in [6.07, 6.45) is 4.96. The number of amides is 3. The summed E-state index contributed by atoms with van der Waals surface area (Å²) < 4.78 is 1.54. The maximum Gasteiger partial charge on any atom is 0.262 e. The highest BCUT2D eigenvalue weighted by molar-refractivity contribution is 6.22. The van der Waals surface area contributed by atoms with Gasteiger partial charge in [0.25, 0.3) is 11.8 Å². The summed E-state index contributed by atoms with van der Waals surface area (Å²) in [6, 6.07) is 10.1. The molecule has 1 N–H and O–H groups in total. The van der Waals surface area contributed by atoms with Gasteiger partial charge in [0.15, 0.2) is 0 Å². The van der Waals surface area contributed by atoms with Gasteiger partial charge < -0.3 is 5.32 Å². The Bertz CT molecular complexity index is 995. The number of pyridine rings is 1. The highest BCUT2D eigenvalue weighted by Gasteiger charge is 2.36. The number of carbonyl (C=O) groups excluding carboxylic acids is 3. The Morgan fingerprint density at radius 2 is 1.78 bits per heavy atom. The Balaban J connectivity index is 1.37. The summed E-state index contributed by atoms with van der Waals surface area (Å²) in [5, 5.41) is 10.6. The molecule has 0 atom stereocenters. The molecule has 3 aromatic rings. The number of hydrogen-bond donors (Lipinski definition) is 1. The molecule has 4 rings (SSSR count). The van der Waals surface area contributed by atoms with E-state index in [4.69, 9.17) is 0 Å². The summed E-state index contributed by atoms with van der Waals surface area (Å²) in [7, 11) is 0. The number of nitrogens with zero attached hydrogens (tertiary/aromatic N) is 5. The second-order valence-electron chi connectivity index (χ2n) is 5.88. The molecule has 0 fully saturated rings. The quantitative estimate of drug-likeness (QED) is 0.665. The minimum atomic E-state index is -0.465. The molecule has 0 radical (unpaired) electrons. The van der Waals surface area contributed by atoms with Gasteiger partial charge in [0, 0.05) is 6.20 Å². The monoisotopic (exact) mass is 362 g/mol. The van der Waals surface area contributed by atoms with Crippen molar-refractivity contribution in [1.82, 2.24) is 30.2 Å². The Morgan fingerprint density at radius 1 is 1.04 bits per heavy atom. The van der Waals surface area contributed by atoms with Gasteiger partial charge in [-0.3, -0.25) is 24.3 Å². The van der Waals surface area contributed by atoms with E-state index in [-0.39, 0.29) is 13.1 Å². The third kappa shape index (κ3) is 3.17. The van der Waals surface area contributed by atoms with Gasteiger partial charge >= 0.3 is 0 Å². The normalized spacial score (nSPS) is 13.0. The minimum Gasteiger partial charge on any atom is -0.349 e. The van der Waals surface area contributed by atoms with Crippen molar-refractivity contribution in [1.29, 1.82) is 0 Å². The number of benzene rings is 1. The summed E-state index contributed by atoms with van der Waals surface area (Å²) >= 11 is 0. The van der Waals surface area contributed by atoms with E-state index >= 15 is 0 Å². The molecule has 134 valence electrons. The Labute approximate surface area is 153 Å². The fourth-order valence-corrected chi connectivity index (χ4v) is 2.77. The number of fused-ring (bicyclic) bond motifs is 1. The van der Waals surface area contributed by atoms with Crippen LogP contribution in [0.1, 0.15) is 26.4 Å². The summed E-state index contributed by atoms with van der Waals surface area (Å²) in [5.74, 6) is -1.39. The van der Waals surface area contributed by atoms with Crippen molar-refractivity contribution in [3.05, 3.63) is 71.8 Å². The van der Waals surface area contributed by atoms with Crippen molar-refractivity contribution in [3.63, 3.8) is 0 Å². The molecule has 3 amide bonds. The molecule has 0 aliphatic carbocycles. The maximum absolute atomic E-state index is 12.3. The maximum atomic E-state index is 12.3. The first kappa shape index (κ1) is 16.6. The van der Waals surface area contributed by atoms with Crippen molar-refractivity contribution in [2.24, 2.45) is 0 Å². The van der Waals surface area contributed by atoms with Gasteiger partial charge in [0.2, 0.25) is 5.91 Å². The molecule has 1 aromatic carbocycles. The highest BCUT2D eigenvalue weighted by Crippen LogP contribution is 2.21. The molecule has 0 saturated heterocycles. The van der Waals surface area contributed by atoms with Crippen LogP contribution in [-0.2, 0) is 11.3 Å². The Hall–Kier alpha value is -3.88. The lowest BCUT2D eigenvalue weighted by molar-refractivity contribution is -0.121. The number of aromatic nitrogens is 4. The first-order valence-corrected chi connectivity index (χ1v) is 8.17. The molecule has 0 spiro atoms. The lowest BCUT2D eigenvalue weighted by Gasteiger charge is -2.13. The first-order chi connectivity index (χ1) is 13.1. The third-order valence-electron chi connectivity index (χ3n) is 4.10. The fraction of sp³-hybridized carbons (Fsp3) is 0.111. The number of imide groups is 1. The van der Waals surface area contributed by atoms with Crippen LogP contribution in [0.3, 0.4) is 0 Å². The zero-order valence-electron chi connectivity index (χ0n) is 14.1. The van der Waals surface area contributed by atoms with Crippen LogP contribution in [0.2, 0.25) is 0 Å². The van der Waals surface area contributed by atoms with Gasteiger partial charge in [0.1, 0.15) is 12.2 Å². The molecule has 9 nitrogen and oxygen atoms in total. The van der Waals surface area contributed by atoms with Gasteiger partial charge in [0.05, 0.1) is 35.8 Å². The minimum absolute atomic E-state index is 0.127. The largest absolute Gasteiger partial charge is 0.349 e. The molecular weight excluding hydrogens is 348 g/mol. The second-order valence-corrected chi connectivity index (χ2v) is 5.88. The van der Waals surface area contributed by atoms with Crippen LogP contribution >= 0.6 is 0 Å². The predicted molar refractivity (Wildman–Crippen MR) is 92.8 cm³/mol. The summed E-state index contributed by atoms with van der Waals surface area (Å²) in [4.78, 5) is 41.7. The van der Waals surface area contributed by atoms with Crippen molar-refractivity contribution >= 4 is 17.7 Å². The third-order valence-corrected chi connectivity index (χ3v) is 4.10. The van der Waals surface area contributed by atoms with Crippen molar-refractivity contribution < 1.29 is 14.4 Å². The van der Waals surface area contributed by atoms with E-state index in [0.29, 0.717) is 16.8 Å². The average molecular weight is 362 g/mol. The fourth-order valence-electron chi connectivity index (χ4n) is 2.77. The van der Waals surface area contributed by atoms with Crippen LogP contribution in [0, 0.1) is 0 Å². The van der Waals surface area contributed by atoms with Gasteiger partial charge in [-0.15, -0.1) is 5.10 Å². The van der Waals surface area contributed by atoms with E-state index in [2.05, 4.69) is 20.6 Å². The van der Waals surface area contributed by atoms with E-state index in [1.807, 2.05) is 6.07 Å². The van der Waals surface area contributed by atoms with E-state index in [1.54, 1.807) is 53.6 Å². The van der Waals surface area contributed by atoms with Gasteiger partial charge in [-0.1, -0.05) is 17.3 Å². The van der Waals surface area contributed by atoms with Crippen molar-refractivity contribution in [2.75, 3.05) is 6.54 Å². The SMILES string of the molecule is O=C(CN1C(=O)c2ccccc2C1=O)NCc1cn(-c2cccnc2)nn1. The molecule has 0 unspecified atom stereocenters. The van der Waals surface area contributed by atoms with Crippen LogP contribution in [0.5, 0.6) is 0 Å². The Morgan fingerprint density at radius 3 is 2.44 bits per heavy atom. The summed E-state index contributed by atoms with van der Waals surface area (Å²) in [5.41, 5.74) is 1.91. The van der Waals surface area contributed by atoms with Crippen molar-refractivity contribution in [2.45, 2.75) is 6.54 Å². The number of rotatable bonds is 5. The zero-order valence-corrected chi connectivity index (χ0v) is 14.1. The van der Waals surface area contributed by atoms with Crippen molar-refractivity contribution in [3.8, 4) is 5.69 Å². The molecule has 0 bridgehead atoms. The van der Waals surface area contributed by atoms with E-state index in [9.17, 15) is 14.4 Å². The average Bonchev–Trinajstić information content (AvgIpc) is 3.27. The number of nitrogens with one attached hydrogen (secondary N) is 1. The lowest BCUT2D eigenvalue weighted by atomic mass is 10.1. The summed E-state index contributed by atoms with van der Waals surface area (Å²) in [6.45, 7) is -0.217. The molecule has 0 saturated carbocycles. The number of carbonyl (C=O) groups is 3. The second kappa shape index (κ2) is 6.79. The first-order valence-electron chi connectivity index (χ1n) is 8.17. The topological polar surface area (TPSA) is 110 Å². The molecule has 1 aliphatic heterocycles. The predicted octanol–water partition coefficient (Wildman–Crippen LogP) is 0.575. The molecule has 27 heavy (non-hydrogen) atoms. The molecule has 2 aromatic heterocycles. The van der Waals surface area contributed by atoms with Crippen LogP contribution < -0.4 is 5.32 Å². The molecule has 9 heteroatoms. The van der Waals surface area contributed by atoms with E-state index in [0.717, 1.165) is 10.6 Å². The van der Waals surface area contributed by atoms with Gasteiger partial charge in [-0.2, -0.15) is 0 Å².